The molecule has 1 amide bonds. The maximum atomic E-state index is 13.8. The minimum atomic E-state index is 0.0494. The lowest BCUT2D eigenvalue weighted by molar-refractivity contribution is -0.124. The van der Waals surface area contributed by atoms with Crippen molar-refractivity contribution >= 4 is 84.0 Å². The van der Waals surface area contributed by atoms with Crippen molar-refractivity contribution in [2.45, 2.75) is 82.9 Å². The Hall–Kier alpha value is -1.19. The monoisotopic (exact) mass is 728 g/mol. The number of thioether (sulfide) groups is 1. The number of rotatable bonds is 7. The molecule has 0 radical (unpaired) electrons. The van der Waals surface area contributed by atoms with Crippen LogP contribution in [0.2, 0.25) is 10.0 Å². The summed E-state index contributed by atoms with van der Waals surface area (Å²) in [5.74, 6) is 1.16. The third-order valence-corrected chi connectivity index (χ3v) is 11.6. The van der Waals surface area contributed by atoms with Gasteiger partial charge in [-0.3, -0.25) is 14.7 Å². The predicted molar refractivity (Wildman–Crippen MR) is 173 cm³/mol. The van der Waals surface area contributed by atoms with E-state index in [0.29, 0.717) is 37.0 Å². The molecule has 3 fully saturated rings. The molecule has 1 saturated heterocycles. The highest BCUT2D eigenvalue weighted by Gasteiger charge is 2.39. The van der Waals surface area contributed by atoms with E-state index in [1.54, 1.807) is 19.2 Å². The number of aliphatic imine (C=N–C) groups is 1. The van der Waals surface area contributed by atoms with Crippen molar-refractivity contribution in [1.29, 1.82) is 0 Å². The second-order valence-electron chi connectivity index (χ2n) is 10.4. The molecule has 1 aliphatic heterocycles. The molecule has 0 N–H and O–H groups in total. The van der Waals surface area contributed by atoms with Gasteiger partial charge in [0.1, 0.15) is 6.61 Å². The maximum absolute atomic E-state index is 13.8. The van der Waals surface area contributed by atoms with Crippen molar-refractivity contribution in [2.75, 3.05) is 7.11 Å². The highest BCUT2D eigenvalue weighted by atomic mass is 79.9. The zero-order valence-corrected chi connectivity index (χ0v) is 27.9. The summed E-state index contributed by atoms with van der Waals surface area (Å²) >= 11 is 21.1. The molecule has 1 heterocycles. The van der Waals surface area contributed by atoms with Gasteiger partial charge < -0.3 is 9.47 Å². The summed E-state index contributed by atoms with van der Waals surface area (Å²) in [7, 11) is 1.60. The molecule has 0 bridgehead atoms. The number of hydrogen-bond donors (Lipinski definition) is 0. The van der Waals surface area contributed by atoms with Crippen molar-refractivity contribution in [2.24, 2.45) is 4.99 Å². The van der Waals surface area contributed by atoms with E-state index >= 15 is 0 Å². The van der Waals surface area contributed by atoms with E-state index in [9.17, 15) is 4.79 Å². The number of nitrogens with zero attached hydrogens (tertiary/aromatic N) is 2. The first-order chi connectivity index (χ1) is 19.4. The van der Waals surface area contributed by atoms with Crippen LogP contribution in [0.25, 0.3) is 6.08 Å². The lowest BCUT2D eigenvalue weighted by Crippen LogP contribution is -2.41. The Bertz CT molecular complexity index is 1320. The number of amidine groups is 1. The summed E-state index contributed by atoms with van der Waals surface area (Å²) in [5, 5.41) is 1.85. The minimum absolute atomic E-state index is 0.0494. The normalized spacial score (nSPS) is 21.0. The third-order valence-electron chi connectivity index (χ3n) is 7.67. The van der Waals surface area contributed by atoms with E-state index in [4.69, 9.17) is 37.7 Å². The number of benzene rings is 2. The van der Waals surface area contributed by atoms with Crippen LogP contribution in [0.5, 0.6) is 11.5 Å². The Labute approximate surface area is 267 Å². The largest absolute Gasteiger partial charge is 0.493 e. The van der Waals surface area contributed by atoms with Gasteiger partial charge in [0.05, 0.1) is 32.6 Å². The zero-order chi connectivity index (χ0) is 28.2. The molecule has 40 heavy (non-hydrogen) atoms. The molecule has 0 spiro atoms. The van der Waals surface area contributed by atoms with E-state index in [1.807, 2.05) is 23.1 Å². The quantitative estimate of drug-likeness (QED) is 0.266. The Morgan fingerprint density at radius 2 is 1.70 bits per heavy atom. The van der Waals surface area contributed by atoms with Gasteiger partial charge in [0.2, 0.25) is 0 Å². The second kappa shape index (κ2) is 13.9. The first-order valence-electron chi connectivity index (χ1n) is 13.8. The fourth-order valence-corrected chi connectivity index (χ4v) is 7.89. The molecule has 3 aliphatic rings. The summed E-state index contributed by atoms with van der Waals surface area (Å²) in [6.45, 7) is 0.282. The van der Waals surface area contributed by atoms with E-state index in [0.717, 1.165) is 59.3 Å². The third kappa shape index (κ3) is 6.88. The summed E-state index contributed by atoms with van der Waals surface area (Å²) in [4.78, 5) is 21.7. The van der Waals surface area contributed by atoms with Gasteiger partial charge in [0.15, 0.2) is 16.7 Å². The zero-order valence-electron chi connectivity index (χ0n) is 22.4. The van der Waals surface area contributed by atoms with Crippen LogP contribution in [0.3, 0.4) is 0 Å². The number of halogens is 4. The van der Waals surface area contributed by atoms with E-state index < -0.39 is 0 Å². The molecule has 2 aromatic carbocycles. The molecule has 0 unspecified atom stereocenters. The minimum Gasteiger partial charge on any atom is -0.493 e. The topological polar surface area (TPSA) is 51.1 Å². The van der Waals surface area contributed by atoms with Gasteiger partial charge in [0, 0.05) is 10.5 Å². The molecule has 2 aliphatic carbocycles. The Morgan fingerprint density at radius 1 is 1.00 bits per heavy atom. The average Bonchev–Trinajstić information content (AvgIpc) is 3.27. The lowest BCUT2D eigenvalue weighted by atomic mass is 9.94. The molecule has 5 rings (SSSR count). The van der Waals surface area contributed by atoms with Gasteiger partial charge in [-0.2, -0.15) is 0 Å². The second-order valence-corrected chi connectivity index (χ2v) is 13.9. The fourth-order valence-electron chi connectivity index (χ4n) is 5.53. The van der Waals surface area contributed by atoms with Gasteiger partial charge in [0.25, 0.3) is 5.91 Å². The molecule has 0 atom stereocenters. The molecular weight excluding hydrogens is 699 g/mol. The standard InChI is InChI=1S/C30H32Br2Cl2N2O3S/c1-38-24-15-19(26(31)27(32)28(24)39-17-18-12-13-22(33)23(34)14-18)16-25-29(37)36(21-10-6-3-7-11-21)30(40-25)35-20-8-4-2-5-9-20/h12-16,20-21H,2-11,17H2,1H3/b25-16-,35-30?. The van der Waals surface area contributed by atoms with Crippen LogP contribution in [-0.2, 0) is 11.4 Å². The summed E-state index contributed by atoms with van der Waals surface area (Å²) < 4.78 is 13.3. The first-order valence-corrected chi connectivity index (χ1v) is 16.9. The van der Waals surface area contributed by atoms with E-state index in [-0.39, 0.29) is 18.6 Å². The Kier molecular flexibility index (Phi) is 10.5. The molecule has 2 saturated carbocycles. The smallest absolute Gasteiger partial charge is 0.267 e. The first kappa shape index (κ1) is 30.3. The number of carbonyl (C=O) groups is 1. The van der Waals surface area contributed by atoms with Crippen LogP contribution < -0.4 is 9.47 Å². The molecule has 10 heteroatoms. The molecule has 2 aromatic rings. The van der Waals surface area contributed by atoms with Gasteiger partial charge in [-0.1, -0.05) is 67.8 Å². The molecule has 214 valence electrons. The summed E-state index contributed by atoms with van der Waals surface area (Å²) in [5.41, 5.74) is 1.70. The predicted octanol–water partition coefficient (Wildman–Crippen LogP) is 10.0. The van der Waals surface area contributed by atoms with Crippen molar-refractivity contribution in [3.05, 3.63) is 59.3 Å². The fraction of sp³-hybridized carbons (Fsp3) is 0.467. The van der Waals surface area contributed by atoms with Crippen LogP contribution in [0.15, 0.2) is 43.1 Å². The highest BCUT2D eigenvalue weighted by Crippen LogP contribution is 2.45. The van der Waals surface area contributed by atoms with Crippen LogP contribution in [-0.4, -0.2) is 35.2 Å². The van der Waals surface area contributed by atoms with Crippen LogP contribution in [0.4, 0.5) is 0 Å². The maximum Gasteiger partial charge on any atom is 0.267 e. The highest BCUT2D eigenvalue weighted by molar-refractivity contribution is 9.13. The average molecular weight is 731 g/mol. The Morgan fingerprint density at radius 3 is 2.38 bits per heavy atom. The lowest BCUT2D eigenvalue weighted by Gasteiger charge is -2.31. The summed E-state index contributed by atoms with van der Waals surface area (Å²) in [6.07, 6.45) is 13.5. The molecule has 0 aromatic heterocycles. The SMILES string of the molecule is COc1cc(/C=C2\SC(=NC3CCCCC3)N(C3CCCCC3)C2=O)c(Br)c(Br)c1OCc1ccc(Cl)c(Cl)c1. The number of amides is 1. The van der Waals surface area contributed by atoms with Crippen LogP contribution >= 0.6 is 66.8 Å². The van der Waals surface area contributed by atoms with Crippen molar-refractivity contribution in [3.8, 4) is 11.5 Å². The van der Waals surface area contributed by atoms with E-state index in [1.165, 1.54) is 37.4 Å². The van der Waals surface area contributed by atoms with Crippen LogP contribution in [0, 0.1) is 0 Å². The van der Waals surface area contributed by atoms with Crippen molar-refractivity contribution in [1.82, 2.24) is 4.90 Å². The number of carbonyl (C=O) groups excluding carboxylic acids is 1. The van der Waals surface area contributed by atoms with Gasteiger partial charge in [-0.25, -0.2) is 0 Å². The van der Waals surface area contributed by atoms with Crippen LogP contribution in [0.1, 0.15) is 75.3 Å². The molecule has 5 nitrogen and oxygen atoms in total. The number of hydrogen-bond acceptors (Lipinski definition) is 5. The number of methoxy groups -OCH3 is 1. The van der Waals surface area contributed by atoms with Crippen molar-refractivity contribution < 1.29 is 14.3 Å². The van der Waals surface area contributed by atoms with E-state index in [2.05, 4.69) is 31.9 Å². The molecular formula is C30H32Br2Cl2N2O3S. The van der Waals surface area contributed by atoms with Gasteiger partial charge in [-0.15, -0.1) is 0 Å². The van der Waals surface area contributed by atoms with Gasteiger partial charge >= 0.3 is 0 Å². The van der Waals surface area contributed by atoms with Gasteiger partial charge in [-0.05, 0) is 105 Å². The summed E-state index contributed by atoms with van der Waals surface area (Å²) in [6, 6.07) is 7.83. The Balaban J connectivity index is 1.43. The van der Waals surface area contributed by atoms with Crippen molar-refractivity contribution in [3.63, 3.8) is 0 Å². The number of ether oxygens (including phenoxy) is 2.